The zero-order valence-electron chi connectivity index (χ0n) is 11.6. The first-order valence-corrected chi connectivity index (χ1v) is 8.16. The van der Waals surface area contributed by atoms with Crippen LogP contribution >= 0.6 is 11.8 Å². The summed E-state index contributed by atoms with van der Waals surface area (Å²) in [5.74, 6) is 1.22. The van der Waals surface area contributed by atoms with Crippen LogP contribution in [0.5, 0.6) is 0 Å². The summed E-state index contributed by atoms with van der Waals surface area (Å²) in [4.78, 5) is 0. The van der Waals surface area contributed by atoms with E-state index < -0.39 is 0 Å². The van der Waals surface area contributed by atoms with Crippen LogP contribution in [0.4, 0.5) is 0 Å². The van der Waals surface area contributed by atoms with Crippen LogP contribution in [0.3, 0.4) is 0 Å². The maximum Gasteiger partial charge on any atom is 0.0640 e. The average molecular weight is 267 g/mol. The summed E-state index contributed by atoms with van der Waals surface area (Å²) < 4.78 is 1.89. The Hall–Kier alpha value is -0.480. The average Bonchev–Trinajstić information content (AvgIpc) is 2.98. The molecule has 102 valence electrons. The topological polar surface area (TPSA) is 29.9 Å². The molecule has 3 nitrogen and oxygen atoms in total. The van der Waals surface area contributed by atoms with Gasteiger partial charge < -0.3 is 5.32 Å². The molecule has 18 heavy (non-hydrogen) atoms. The molecule has 2 rings (SSSR count). The van der Waals surface area contributed by atoms with Gasteiger partial charge >= 0.3 is 0 Å². The van der Waals surface area contributed by atoms with E-state index in [4.69, 9.17) is 0 Å². The number of nitrogens with one attached hydrogen (secondary N) is 1. The lowest BCUT2D eigenvalue weighted by Crippen LogP contribution is -2.34. The molecule has 0 radical (unpaired) electrons. The second-order valence-corrected chi connectivity index (χ2v) is 6.51. The zero-order chi connectivity index (χ0) is 12.8. The molecule has 1 unspecified atom stereocenters. The Morgan fingerprint density at radius 3 is 2.89 bits per heavy atom. The minimum atomic E-state index is 0.565. The van der Waals surface area contributed by atoms with Crippen LogP contribution in [0.15, 0.2) is 12.3 Å². The fourth-order valence-corrected chi connectivity index (χ4v) is 4.02. The molecule has 1 aromatic heterocycles. The van der Waals surface area contributed by atoms with Gasteiger partial charge in [0.15, 0.2) is 0 Å². The quantitative estimate of drug-likeness (QED) is 0.823. The smallest absolute Gasteiger partial charge is 0.0640 e. The minimum Gasteiger partial charge on any atom is -0.313 e. The molecule has 1 saturated carbocycles. The Kier molecular flexibility index (Phi) is 5.57. The van der Waals surface area contributed by atoms with Gasteiger partial charge in [-0.3, -0.25) is 4.68 Å². The molecule has 0 spiro atoms. The molecule has 1 aliphatic carbocycles. The SMILES string of the molecule is CCNC(CSC1CCCC1)Cc1ccn(C)n1. The lowest BCUT2D eigenvalue weighted by molar-refractivity contribution is 0.560. The number of rotatable bonds is 7. The van der Waals surface area contributed by atoms with Gasteiger partial charge in [0.2, 0.25) is 0 Å². The summed E-state index contributed by atoms with van der Waals surface area (Å²) in [7, 11) is 1.99. The van der Waals surface area contributed by atoms with Crippen molar-refractivity contribution in [2.45, 2.75) is 50.3 Å². The highest BCUT2D eigenvalue weighted by Crippen LogP contribution is 2.29. The molecule has 1 fully saturated rings. The van der Waals surface area contributed by atoms with Crippen LogP contribution in [0.25, 0.3) is 0 Å². The summed E-state index contributed by atoms with van der Waals surface area (Å²) in [6.45, 7) is 3.23. The molecule has 0 aliphatic heterocycles. The van der Waals surface area contributed by atoms with Gasteiger partial charge in [-0.1, -0.05) is 19.8 Å². The normalized spacial score (nSPS) is 18.3. The lowest BCUT2D eigenvalue weighted by atomic mass is 10.2. The molecule has 4 heteroatoms. The van der Waals surface area contributed by atoms with Crippen LogP contribution in [-0.2, 0) is 13.5 Å². The number of likely N-dealkylation sites (N-methyl/N-ethyl adjacent to an activating group) is 1. The summed E-state index contributed by atoms with van der Waals surface area (Å²) in [6, 6.07) is 2.69. The summed E-state index contributed by atoms with van der Waals surface area (Å²) in [5, 5.41) is 8.99. The van der Waals surface area contributed by atoms with Crippen molar-refractivity contribution < 1.29 is 0 Å². The van der Waals surface area contributed by atoms with Crippen molar-refractivity contribution in [1.82, 2.24) is 15.1 Å². The van der Waals surface area contributed by atoms with Gasteiger partial charge in [-0.2, -0.15) is 16.9 Å². The predicted molar refractivity (Wildman–Crippen MR) is 79.1 cm³/mol. The third-order valence-corrected chi connectivity index (χ3v) is 5.09. The fraction of sp³-hybridized carbons (Fsp3) is 0.786. The van der Waals surface area contributed by atoms with Gasteiger partial charge in [0.1, 0.15) is 0 Å². The van der Waals surface area contributed by atoms with Crippen LogP contribution in [0.1, 0.15) is 38.3 Å². The van der Waals surface area contributed by atoms with Crippen molar-refractivity contribution in [2.24, 2.45) is 7.05 Å². The van der Waals surface area contributed by atoms with Crippen molar-refractivity contribution in [1.29, 1.82) is 0 Å². The van der Waals surface area contributed by atoms with Gasteiger partial charge in [-0.25, -0.2) is 0 Å². The standard InChI is InChI=1S/C14H25N3S/c1-3-15-13(10-12-8-9-17(2)16-12)11-18-14-6-4-5-7-14/h8-9,13-15H,3-7,10-11H2,1-2H3. The maximum atomic E-state index is 4.48. The second-order valence-electron chi connectivity index (χ2n) is 5.18. The first-order valence-electron chi connectivity index (χ1n) is 7.11. The van der Waals surface area contributed by atoms with E-state index in [1.165, 1.54) is 37.1 Å². The highest BCUT2D eigenvalue weighted by molar-refractivity contribution is 7.99. The first-order chi connectivity index (χ1) is 8.78. The Morgan fingerprint density at radius 2 is 2.28 bits per heavy atom. The number of aryl methyl sites for hydroxylation is 1. The zero-order valence-corrected chi connectivity index (χ0v) is 12.4. The molecule has 0 bridgehead atoms. The Labute approximate surface area is 115 Å². The number of hydrogen-bond acceptors (Lipinski definition) is 3. The van der Waals surface area contributed by atoms with Gasteiger partial charge in [0.05, 0.1) is 5.69 Å². The third-order valence-electron chi connectivity index (χ3n) is 3.55. The Bertz CT molecular complexity index is 345. The molecule has 1 N–H and O–H groups in total. The highest BCUT2D eigenvalue weighted by atomic mass is 32.2. The molecular formula is C14H25N3S. The van der Waals surface area contributed by atoms with E-state index in [-0.39, 0.29) is 0 Å². The van der Waals surface area contributed by atoms with E-state index in [2.05, 4.69) is 35.2 Å². The van der Waals surface area contributed by atoms with Gasteiger partial charge in [0.25, 0.3) is 0 Å². The van der Waals surface area contributed by atoms with Gasteiger partial charge in [-0.15, -0.1) is 0 Å². The molecule has 1 heterocycles. The Balaban J connectivity index is 1.79. The largest absolute Gasteiger partial charge is 0.313 e. The van der Waals surface area contributed by atoms with Gasteiger partial charge in [0, 0.05) is 36.7 Å². The van der Waals surface area contributed by atoms with E-state index in [0.717, 1.165) is 18.2 Å². The van der Waals surface area contributed by atoms with E-state index in [9.17, 15) is 0 Å². The van der Waals surface area contributed by atoms with Crippen molar-refractivity contribution in [2.75, 3.05) is 12.3 Å². The Morgan fingerprint density at radius 1 is 1.50 bits per heavy atom. The predicted octanol–water partition coefficient (Wildman–Crippen LogP) is 2.62. The molecule has 0 aromatic carbocycles. The lowest BCUT2D eigenvalue weighted by Gasteiger charge is -2.18. The third kappa shape index (κ3) is 4.32. The minimum absolute atomic E-state index is 0.565. The molecule has 0 amide bonds. The van der Waals surface area contributed by atoms with Crippen LogP contribution in [0, 0.1) is 0 Å². The second kappa shape index (κ2) is 7.19. The van der Waals surface area contributed by atoms with Crippen molar-refractivity contribution >= 4 is 11.8 Å². The van der Waals surface area contributed by atoms with Crippen LogP contribution < -0.4 is 5.32 Å². The number of hydrogen-bond donors (Lipinski definition) is 1. The number of nitrogens with zero attached hydrogens (tertiary/aromatic N) is 2. The molecule has 1 atom stereocenters. The highest BCUT2D eigenvalue weighted by Gasteiger charge is 2.18. The van der Waals surface area contributed by atoms with E-state index in [1.54, 1.807) is 0 Å². The van der Waals surface area contributed by atoms with Crippen molar-refractivity contribution in [3.05, 3.63) is 18.0 Å². The fourth-order valence-electron chi connectivity index (χ4n) is 2.61. The van der Waals surface area contributed by atoms with Crippen molar-refractivity contribution in [3.63, 3.8) is 0 Å². The summed E-state index contributed by atoms with van der Waals surface area (Å²) >= 11 is 2.16. The number of aromatic nitrogens is 2. The molecule has 1 aliphatic rings. The van der Waals surface area contributed by atoms with Crippen LogP contribution in [-0.4, -0.2) is 33.4 Å². The molecule has 0 saturated heterocycles. The molecule has 1 aromatic rings. The summed E-state index contributed by atoms with van der Waals surface area (Å²) in [6.07, 6.45) is 8.80. The van der Waals surface area contributed by atoms with Crippen LogP contribution in [0.2, 0.25) is 0 Å². The van der Waals surface area contributed by atoms with Crippen molar-refractivity contribution in [3.8, 4) is 0 Å². The van der Waals surface area contributed by atoms with E-state index in [0.29, 0.717) is 6.04 Å². The number of thioether (sulfide) groups is 1. The maximum absolute atomic E-state index is 4.48. The van der Waals surface area contributed by atoms with E-state index in [1.807, 2.05) is 17.9 Å². The first kappa shape index (κ1) is 13.9. The van der Waals surface area contributed by atoms with Gasteiger partial charge in [-0.05, 0) is 25.5 Å². The monoisotopic (exact) mass is 267 g/mol. The summed E-state index contributed by atoms with van der Waals surface area (Å²) in [5.41, 5.74) is 1.20. The molecular weight excluding hydrogens is 242 g/mol. The van der Waals surface area contributed by atoms with E-state index >= 15 is 0 Å².